The van der Waals surface area contributed by atoms with Crippen LogP contribution in [-0.4, -0.2) is 32.9 Å². The van der Waals surface area contributed by atoms with Gasteiger partial charge in [-0.2, -0.15) is 4.31 Å². The zero-order valence-electron chi connectivity index (χ0n) is 14.3. The lowest BCUT2D eigenvalue weighted by molar-refractivity contribution is 0.387. The van der Waals surface area contributed by atoms with E-state index in [9.17, 15) is 8.42 Å². The van der Waals surface area contributed by atoms with Crippen molar-refractivity contribution in [2.45, 2.75) is 25.3 Å². The van der Waals surface area contributed by atoms with Gasteiger partial charge in [0.2, 0.25) is 10.0 Å². The third kappa shape index (κ3) is 3.95. The Morgan fingerprint density at radius 3 is 2.38 bits per heavy atom. The third-order valence-corrected chi connectivity index (χ3v) is 5.81. The molecular formula is C18H24N2O3S. The van der Waals surface area contributed by atoms with Crippen LogP contribution in [-0.2, 0) is 16.6 Å². The SMILES string of the molecule is COc1cc(C)cc(C)c1S(=O)(=O)N(CCN)Cc1ccccc1. The molecule has 2 rings (SSSR count). The summed E-state index contributed by atoms with van der Waals surface area (Å²) < 4.78 is 33.2. The largest absolute Gasteiger partial charge is 0.495 e. The maximum atomic E-state index is 13.2. The summed E-state index contributed by atoms with van der Waals surface area (Å²) in [6.45, 7) is 4.46. The number of nitrogens with zero attached hydrogens (tertiary/aromatic N) is 1. The number of hydrogen-bond acceptors (Lipinski definition) is 4. The molecule has 2 aromatic rings. The smallest absolute Gasteiger partial charge is 0.247 e. The number of methoxy groups -OCH3 is 1. The molecule has 24 heavy (non-hydrogen) atoms. The van der Waals surface area contributed by atoms with E-state index in [-0.39, 0.29) is 24.5 Å². The van der Waals surface area contributed by atoms with E-state index < -0.39 is 10.0 Å². The third-order valence-electron chi connectivity index (χ3n) is 3.78. The van der Waals surface area contributed by atoms with Crippen LogP contribution in [0.25, 0.3) is 0 Å². The number of nitrogens with two attached hydrogens (primary N) is 1. The number of rotatable bonds is 7. The lowest BCUT2D eigenvalue weighted by atomic mass is 10.1. The molecule has 0 amide bonds. The highest BCUT2D eigenvalue weighted by molar-refractivity contribution is 7.89. The molecule has 0 aliphatic rings. The zero-order chi connectivity index (χ0) is 17.7. The van der Waals surface area contributed by atoms with Crippen molar-refractivity contribution in [1.29, 1.82) is 0 Å². The summed E-state index contributed by atoms with van der Waals surface area (Å²) in [5, 5.41) is 0. The molecule has 130 valence electrons. The molecule has 5 nitrogen and oxygen atoms in total. The highest BCUT2D eigenvalue weighted by Gasteiger charge is 2.29. The van der Waals surface area contributed by atoms with E-state index in [1.807, 2.05) is 43.3 Å². The average Bonchev–Trinajstić information content (AvgIpc) is 2.54. The first-order valence-corrected chi connectivity index (χ1v) is 9.23. The van der Waals surface area contributed by atoms with Gasteiger partial charge in [-0.1, -0.05) is 36.4 Å². The fraction of sp³-hybridized carbons (Fsp3) is 0.333. The van der Waals surface area contributed by atoms with Crippen molar-refractivity contribution in [2.24, 2.45) is 5.73 Å². The van der Waals surface area contributed by atoms with Crippen molar-refractivity contribution >= 4 is 10.0 Å². The van der Waals surface area contributed by atoms with Crippen molar-refractivity contribution in [3.8, 4) is 5.75 Å². The van der Waals surface area contributed by atoms with Crippen LogP contribution in [0.3, 0.4) is 0 Å². The summed E-state index contributed by atoms with van der Waals surface area (Å²) in [6, 6.07) is 13.1. The van der Waals surface area contributed by atoms with Crippen molar-refractivity contribution in [2.75, 3.05) is 20.2 Å². The molecule has 0 fully saturated rings. The van der Waals surface area contributed by atoms with E-state index in [0.717, 1.165) is 11.1 Å². The zero-order valence-corrected chi connectivity index (χ0v) is 15.1. The number of aryl methyl sites for hydroxylation is 2. The van der Waals surface area contributed by atoms with Crippen LogP contribution in [0.15, 0.2) is 47.4 Å². The minimum atomic E-state index is -3.72. The molecule has 2 aromatic carbocycles. The summed E-state index contributed by atoms with van der Waals surface area (Å²) >= 11 is 0. The van der Waals surface area contributed by atoms with Crippen LogP contribution in [0.1, 0.15) is 16.7 Å². The second kappa shape index (κ2) is 7.79. The first-order valence-electron chi connectivity index (χ1n) is 7.79. The minimum Gasteiger partial charge on any atom is -0.495 e. The van der Waals surface area contributed by atoms with Crippen LogP contribution in [0, 0.1) is 13.8 Å². The van der Waals surface area contributed by atoms with Crippen LogP contribution < -0.4 is 10.5 Å². The van der Waals surface area contributed by atoms with Gasteiger partial charge >= 0.3 is 0 Å². The second-order valence-corrected chi connectivity index (χ2v) is 7.60. The fourth-order valence-electron chi connectivity index (χ4n) is 2.74. The molecule has 0 aliphatic heterocycles. The number of hydrogen-bond donors (Lipinski definition) is 1. The highest BCUT2D eigenvalue weighted by Crippen LogP contribution is 2.31. The molecule has 0 unspecified atom stereocenters. The normalized spacial score (nSPS) is 11.7. The van der Waals surface area contributed by atoms with Gasteiger partial charge in [0.25, 0.3) is 0 Å². The van der Waals surface area contributed by atoms with Gasteiger partial charge < -0.3 is 10.5 Å². The van der Waals surface area contributed by atoms with Crippen molar-refractivity contribution < 1.29 is 13.2 Å². The quantitative estimate of drug-likeness (QED) is 0.834. The van der Waals surface area contributed by atoms with Gasteiger partial charge in [0.15, 0.2) is 0 Å². The van der Waals surface area contributed by atoms with E-state index in [1.54, 1.807) is 13.0 Å². The molecule has 0 saturated carbocycles. The molecule has 0 radical (unpaired) electrons. The van der Waals surface area contributed by atoms with Crippen LogP contribution in [0.5, 0.6) is 5.75 Å². The molecule has 0 spiro atoms. The molecule has 0 saturated heterocycles. The predicted molar refractivity (Wildman–Crippen MR) is 95.6 cm³/mol. The Hall–Kier alpha value is -1.89. The second-order valence-electron chi connectivity index (χ2n) is 5.73. The summed E-state index contributed by atoms with van der Waals surface area (Å²) in [5.74, 6) is 0.364. The lowest BCUT2D eigenvalue weighted by Crippen LogP contribution is -2.35. The Balaban J connectivity index is 2.49. The van der Waals surface area contributed by atoms with Gasteiger partial charge in [-0.15, -0.1) is 0 Å². The van der Waals surface area contributed by atoms with Crippen molar-refractivity contribution in [3.63, 3.8) is 0 Å². The molecule has 0 atom stereocenters. The molecule has 0 aliphatic carbocycles. The molecule has 0 aromatic heterocycles. The van der Waals surface area contributed by atoms with Crippen LogP contribution in [0.2, 0.25) is 0 Å². The van der Waals surface area contributed by atoms with Gasteiger partial charge in [0.1, 0.15) is 10.6 Å². The Bertz CT molecular complexity index is 789. The topological polar surface area (TPSA) is 72.6 Å². The fourth-order valence-corrected chi connectivity index (χ4v) is 4.53. The number of benzene rings is 2. The molecule has 6 heteroatoms. The Labute approximate surface area is 144 Å². The van der Waals surface area contributed by atoms with Crippen LogP contribution >= 0.6 is 0 Å². The van der Waals surface area contributed by atoms with Gasteiger partial charge in [-0.05, 0) is 36.6 Å². The molecule has 2 N–H and O–H groups in total. The van der Waals surface area contributed by atoms with Gasteiger partial charge in [0.05, 0.1) is 7.11 Å². The van der Waals surface area contributed by atoms with Crippen molar-refractivity contribution in [3.05, 3.63) is 59.2 Å². The molecule has 0 heterocycles. The maximum absolute atomic E-state index is 13.2. The van der Waals surface area contributed by atoms with Gasteiger partial charge in [-0.3, -0.25) is 0 Å². The summed E-state index contributed by atoms with van der Waals surface area (Å²) in [7, 11) is -2.24. The minimum absolute atomic E-state index is 0.208. The van der Waals surface area contributed by atoms with E-state index in [1.165, 1.54) is 11.4 Å². The Morgan fingerprint density at radius 1 is 1.12 bits per heavy atom. The van der Waals surface area contributed by atoms with E-state index >= 15 is 0 Å². The highest BCUT2D eigenvalue weighted by atomic mass is 32.2. The van der Waals surface area contributed by atoms with E-state index in [4.69, 9.17) is 10.5 Å². The molecule has 0 bridgehead atoms. The Kier molecular flexibility index (Phi) is 5.99. The predicted octanol–water partition coefficient (Wildman–Crippen LogP) is 2.46. The maximum Gasteiger partial charge on any atom is 0.247 e. The van der Waals surface area contributed by atoms with E-state index in [0.29, 0.717) is 11.3 Å². The average molecular weight is 348 g/mol. The van der Waals surface area contributed by atoms with Crippen LogP contribution in [0.4, 0.5) is 0 Å². The number of sulfonamides is 1. The van der Waals surface area contributed by atoms with E-state index in [2.05, 4.69) is 0 Å². The standard InChI is InChI=1S/C18H24N2O3S/c1-14-11-15(2)18(17(12-14)23-3)24(21,22)20(10-9-19)13-16-7-5-4-6-8-16/h4-8,11-12H,9-10,13,19H2,1-3H3. The van der Waals surface area contributed by atoms with Gasteiger partial charge in [0, 0.05) is 19.6 Å². The summed E-state index contributed by atoms with van der Waals surface area (Å²) in [5.41, 5.74) is 8.19. The first-order chi connectivity index (χ1) is 11.4. The molecular weight excluding hydrogens is 324 g/mol. The first kappa shape index (κ1) is 18.4. The monoisotopic (exact) mass is 348 g/mol. The number of ether oxygens (including phenoxy) is 1. The summed E-state index contributed by atoms with van der Waals surface area (Å²) in [6.07, 6.45) is 0. The summed E-state index contributed by atoms with van der Waals surface area (Å²) in [4.78, 5) is 0.208. The Morgan fingerprint density at radius 2 is 1.79 bits per heavy atom. The lowest BCUT2D eigenvalue weighted by Gasteiger charge is -2.24. The van der Waals surface area contributed by atoms with Crippen molar-refractivity contribution in [1.82, 2.24) is 4.31 Å². The van der Waals surface area contributed by atoms with Gasteiger partial charge in [-0.25, -0.2) is 8.42 Å².